The molecule has 0 radical (unpaired) electrons. The van der Waals surface area contributed by atoms with Gasteiger partial charge in [-0.2, -0.15) is 0 Å². The number of aromatic nitrogens is 3. The fourth-order valence-electron chi connectivity index (χ4n) is 6.12. The molecule has 2 aliphatic carbocycles. The standard InChI is InChI=1S/C30H33FN4O/c1-17-14-21(30(36)33-23-4-3-5-23)15-27-28(17)35-29(34-27)18(2)19-6-8-20(9-7-19)24-12-13-32-26-11-10-22(31)16-25(24)26/h10-16,18-20,23H,3-9H2,1-2H3,(H,33,36)(H,34,35)/t18-,19-,20+/m1/s1. The van der Waals surface area contributed by atoms with E-state index >= 15 is 0 Å². The first kappa shape index (κ1) is 23.1. The number of H-pyrrole nitrogens is 1. The SMILES string of the molecule is Cc1cc(C(=O)NC2CCC2)cc2nc([C@H](C)[C@H]3CC[C@@H](c4ccnc5ccc(F)cc54)CC3)[nH]c12. The molecule has 2 fully saturated rings. The molecule has 2 heterocycles. The molecular weight excluding hydrogens is 451 g/mol. The predicted octanol–water partition coefficient (Wildman–Crippen LogP) is 6.92. The third-order valence-electron chi connectivity index (χ3n) is 8.60. The molecular formula is C30H33FN4O. The summed E-state index contributed by atoms with van der Waals surface area (Å²) < 4.78 is 13.9. The maximum absolute atomic E-state index is 13.9. The van der Waals surface area contributed by atoms with Crippen molar-refractivity contribution in [3.05, 3.63) is 70.9 Å². The fourth-order valence-corrected chi connectivity index (χ4v) is 6.12. The Hall–Kier alpha value is -3.28. The number of pyridine rings is 1. The van der Waals surface area contributed by atoms with Gasteiger partial charge in [-0.15, -0.1) is 0 Å². The van der Waals surface area contributed by atoms with E-state index in [0.717, 1.165) is 71.8 Å². The van der Waals surface area contributed by atoms with Gasteiger partial charge in [0.15, 0.2) is 0 Å². The van der Waals surface area contributed by atoms with Gasteiger partial charge in [0, 0.05) is 29.1 Å². The van der Waals surface area contributed by atoms with Crippen molar-refractivity contribution < 1.29 is 9.18 Å². The number of fused-ring (bicyclic) bond motifs is 2. The van der Waals surface area contributed by atoms with Gasteiger partial charge in [-0.1, -0.05) is 6.92 Å². The molecule has 6 rings (SSSR count). The molecule has 2 saturated carbocycles. The Morgan fingerprint density at radius 2 is 1.86 bits per heavy atom. The lowest BCUT2D eigenvalue weighted by atomic mass is 9.73. The van der Waals surface area contributed by atoms with Crippen molar-refractivity contribution in [2.75, 3.05) is 0 Å². The maximum atomic E-state index is 13.9. The average molecular weight is 485 g/mol. The smallest absolute Gasteiger partial charge is 0.251 e. The van der Waals surface area contributed by atoms with Crippen LogP contribution in [0.15, 0.2) is 42.6 Å². The number of hydrogen-bond donors (Lipinski definition) is 2. The van der Waals surface area contributed by atoms with E-state index in [1.807, 2.05) is 25.3 Å². The third-order valence-corrected chi connectivity index (χ3v) is 8.60. The number of amides is 1. The zero-order chi connectivity index (χ0) is 24.8. The molecule has 186 valence electrons. The second kappa shape index (κ2) is 9.30. The number of aryl methyl sites for hydroxylation is 1. The van der Waals surface area contributed by atoms with E-state index in [-0.39, 0.29) is 11.7 Å². The van der Waals surface area contributed by atoms with Crippen LogP contribution in [0.2, 0.25) is 0 Å². The van der Waals surface area contributed by atoms with Gasteiger partial charge in [-0.05, 0) is 111 Å². The second-order valence-corrected chi connectivity index (χ2v) is 10.9. The van der Waals surface area contributed by atoms with Crippen LogP contribution >= 0.6 is 0 Å². The third kappa shape index (κ3) is 4.27. The minimum absolute atomic E-state index is 0.00383. The normalized spacial score (nSPS) is 21.4. The van der Waals surface area contributed by atoms with Crippen LogP contribution in [-0.2, 0) is 0 Å². The largest absolute Gasteiger partial charge is 0.349 e. The van der Waals surface area contributed by atoms with Gasteiger partial charge in [-0.3, -0.25) is 9.78 Å². The Morgan fingerprint density at radius 1 is 1.06 bits per heavy atom. The summed E-state index contributed by atoms with van der Waals surface area (Å²) in [6, 6.07) is 11.2. The Kier molecular flexibility index (Phi) is 5.98. The molecule has 0 bridgehead atoms. The molecule has 5 nitrogen and oxygen atoms in total. The predicted molar refractivity (Wildman–Crippen MR) is 141 cm³/mol. The van der Waals surface area contributed by atoms with E-state index in [1.54, 1.807) is 12.1 Å². The number of hydrogen-bond acceptors (Lipinski definition) is 3. The summed E-state index contributed by atoms with van der Waals surface area (Å²) in [6.07, 6.45) is 9.57. The van der Waals surface area contributed by atoms with Crippen LogP contribution in [0, 0.1) is 18.7 Å². The number of rotatable bonds is 5. The lowest BCUT2D eigenvalue weighted by molar-refractivity contribution is 0.0917. The van der Waals surface area contributed by atoms with E-state index < -0.39 is 0 Å². The Morgan fingerprint density at radius 3 is 2.61 bits per heavy atom. The van der Waals surface area contributed by atoms with Crippen molar-refractivity contribution in [1.29, 1.82) is 0 Å². The minimum Gasteiger partial charge on any atom is -0.349 e. The van der Waals surface area contributed by atoms with Gasteiger partial charge in [0.2, 0.25) is 0 Å². The summed E-state index contributed by atoms with van der Waals surface area (Å²) in [6.45, 7) is 4.31. The zero-order valence-corrected chi connectivity index (χ0v) is 21.0. The van der Waals surface area contributed by atoms with Crippen molar-refractivity contribution in [3.8, 4) is 0 Å². The van der Waals surface area contributed by atoms with Crippen LogP contribution in [-0.4, -0.2) is 26.9 Å². The summed E-state index contributed by atoms with van der Waals surface area (Å²) in [7, 11) is 0. The maximum Gasteiger partial charge on any atom is 0.251 e. The highest BCUT2D eigenvalue weighted by Gasteiger charge is 2.29. The van der Waals surface area contributed by atoms with Crippen LogP contribution < -0.4 is 5.32 Å². The van der Waals surface area contributed by atoms with Crippen LogP contribution in [0.5, 0.6) is 0 Å². The van der Waals surface area contributed by atoms with Crippen molar-refractivity contribution in [1.82, 2.24) is 20.3 Å². The summed E-state index contributed by atoms with van der Waals surface area (Å²) >= 11 is 0. The Labute approximate surface area is 210 Å². The number of aromatic amines is 1. The highest BCUT2D eigenvalue weighted by atomic mass is 19.1. The summed E-state index contributed by atoms with van der Waals surface area (Å²) in [4.78, 5) is 25.6. The molecule has 1 atom stereocenters. The van der Waals surface area contributed by atoms with Gasteiger partial charge >= 0.3 is 0 Å². The Bertz CT molecular complexity index is 1430. The first-order valence-corrected chi connectivity index (χ1v) is 13.3. The molecule has 36 heavy (non-hydrogen) atoms. The van der Waals surface area contributed by atoms with E-state index in [9.17, 15) is 9.18 Å². The van der Waals surface area contributed by atoms with Gasteiger partial charge in [-0.25, -0.2) is 9.37 Å². The summed E-state index contributed by atoms with van der Waals surface area (Å²) in [5, 5.41) is 4.08. The van der Waals surface area contributed by atoms with Crippen molar-refractivity contribution >= 4 is 27.8 Å². The molecule has 2 aromatic heterocycles. The summed E-state index contributed by atoms with van der Waals surface area (Å²) in [5.74, 6) is 2.07. The average Bonchev–Trinajstić information content (AvgIpc) is 3.30. The van der Waals surface area contributed by atoms with Crippen LogP contribution in [0.25, 0.3) is 21.9 Å². The van der Waals surface area contributed by atoms with E-state index in [1.165, 1.54) is 18.1 Å². The van der Waals surface area contributed by atoms with E-state index in [0.29, 0.717) is 29.4 Å². The Balaban J connectivity index is 1.17. The lowest BCUT2D eigenvalue weighted by Crippen LogP contribution is -2.39. The fraction of sp³-hybridized carbons (Fsp3) is 0.433. The second-order valence-electron chi connectivity index (χ2n) is 10.9. The topological polar surface area (TPSA) is 70.7 Å². The number of carbonyl (C=O) groups is 1. The van der Waals surface area contributed by atoms with Crippen LogP contribution in [0.3, 0.4) is 0 Å². The first-order chi connectivity index (χ1) is 17.5. The van der Waals surface area contributed by atoms with Gasteiger partial charge in [0.25, 0.3) is 5.91 Å². The van der Waals surface area contributed by atoms with E-state index in [4.69, 9.17) is 4.98 Å². The highest BCUT2D eigenvalue weighted by molar-refractivity contribution is 5.98. The molecule has 0 unspecified atom stereocenters. The molecule has 0 saturated heterocycles. The number of halogens is 1. The van der Waals surface area contributed by atoms with Gasteiger partial charge in [0.05, 0.1) is 16.6 Å². The molecule has 2 aromatic carbocycles. The molecule has 2 aliphatic rings. The highest BCUT2D eigenvalue weighted by Crippen LogP contribution is 2.43. The molecule has 2 N–H and O–H groups in total. The molecule has 4 aromatic rings. The quantitative estimate of drug-likeness (QED) is 0.323. The van der Waals surface area contributed by atoms with Crippen molar-refractivity contribution in [3.63, 3.8) is 0 Å². The number of nitrogens with one attached hydrogen (secondary N) is 2. The molecule has 0 spiro atoms. The first-order valence-electron chi connectivity index (χ1n) is 13.3. The number of benzene rings is 2. The van der Waals surface area contributed by atoms with E-state index in [2.05, 4.69) is 28.3 Å². The van der Waals surface area contributed by atoms with Gasteiger partial charge in [0.1, 0.15) is 11.6 Å². The lowest BCUT2D eigenvalue weighted by Gasteiger charge is -2.32. The number of imidazole rings is 1. The zero-order valence-electron chi connectivity index (χ0n) is 21.0. The van der Waals surface area contributed by atoms with Crippen molar-refractivity contribution in [2.45, 2.75) is 76.7 Å². The number of nitrogens with zero attached hydrogens (tertiary/aromatic N) is 2. The summed E-state index contributed by atoms with van der Waals surface area (Å²) in [5.41, 5.74) is 5.72. The minimum atomic E-state index is -0.206. The number of carbonyl (C=O) groups excluding carboxylic acids is 1. The molecule has 6 heteroatoms. The molecule has 1 amide bonds. The monoisotopic (exact) mass is 484 g/mol. The van der Waals surface area contributed by atoms with Gasteiger partial charge < -0.3 is 10.3 Å². The molecule has 0 aliphatic heterocycles. The van der Waals surface area contributed by atoms with Crippen LogP contribution in [0.1, 0.15) is 91.0 Å². The van der Waals surface area contributed by atoms with Crippen LogP contribution in [0.4, 0.5) is 4.39 Å². The van der Waals surface area contributed by atoms with Crippen molar-refractivity contribution in [2.24, 2.45) is 5.92 Å².